The second-order valence-electron chi connectivity index (χ2n) is 4.94. The summed E-state index contributed by atoms with van der Waals surface area (Å²) in [5.41, 5.74) is 1.84. The molecule has 0 saturated heterocycles. The summed E-state index contributed by atoms with van der Waals surface area (Å²) in [6.45, 7) is 0. The van der Waals surface area contributed by atoms with Crippen LogP contribution in [0.4, 0.5) is 10.1 Å². The van der Waals surface area contributed by atoms with Gasteiger partial charge in [-0.15, -0.1) is 0 Å². The van der Waals surface area contributed by atoms with Gasteiger partial charge in [-0.1, -0.05) is 18.2 Å². The molecule has 1 amide bonds. The molecule has 0 spiro atoms. The highest BCUT2D eigenvalue weighted by Gasteiger charge is 2.24. The number of methoxy groups -OCH3 is 1. The molecule has 0 aliphatic carbocycles. The van der Waals surface area contributed by atoms with Crippen molar-refractivity contribution < 1.29 is 19.0 Å². The summed E-state index contributed by atoms with van der Waals surface area (Å²) >= 11 is 0. The normalized spacial score (nSPS) is 14.5. The molecule has 5 heteroatoms. The molecule has 3 rings (SSSR count). The number of aliphatic hydroxyl groups is 1. The van der Waals surface area contributed by atoms with Crippen molar-refractivity contribution in [3.63, 3.8) is 0 Å². The fraction of sp³-hybridized carbons (Fsp3) is 0.188. The van der Waals surface area contributed by atoms with Crippen molar-refractivity contribution in [2.75, 3.05) is 12.4 Å². The Balaban J connectivity index is 1.94. The molecular formula is C16H14FNO3. The Morgan fingerprint density at radius 3 is 2.62 bits per heavy atom. The molecule has 2 aromatic rings. The van der Waals surface area contributed by atoms with Crippen molar-refractivity contribution in [2.24, 2.45) is 0 Å². The van der Waals surface area contributed by atoms with Crippen LogP contribution in [0.2, 0.25) is 0 Å². The molecule has 1 unspecified atom stereocenters. The highest BCUT2D eigenvalue weighted by Crippen LogP contribution is 2.32. The Hall–Kier alpha value is -2.40. The molecule has 4 nitrogen and oxygen atoms in total. The summed E-state index contributed by atoms with van der Waals surface area (Å²) in [6, 6.07) is 9.81. The predicted octanol–water partition coefficient (Wildman–Crippen LogP) is 2.41. The number of benzene rings is 2. The summed E-state index contributed by atoms with van der Waals surface area (Å²) in [5.74, 6) is -0.0817. The van der Waals surface area contributed by atoms with E-state index < -0.39 is 11.9 Å². The first kappa shape index (κ1) is 13.6. The topological polar surface area (TPSA) is 58.6 Å². The lowest BCUT2D eigenvalue weighted by molar-refractivity contribution is -0.115. The number of halogens is 1. The Bertz CT molecular complexity index is 697. The van der Waals surface area contributed by atoms with Gasteiger partial charge >= 0.3 is 0 Å². The first-order valence-electron chi connectivity index (χ1n) is 6.52. The van der Waals surface area contributed by atoms with Gasteiger partial charge in [-0.2, -0.15) is 0 Å². The Labute approximate surface area is 121 Å². The van der Waals surface area contributed by atoms with Crippen LogP contribution in [0.5, 0.6) is 5.75 Å². The maximum atomic E-state index is 14.0. The summed E-state index contributed by atoms with van der Waals surface area (Å²) in [4.78, 5) is 11.3. The van der Waals surface area contributed by atoms with Crippen molar-refractivity contribution in [1.82, 2.24) is 0 Å². The van der Waals surface area contributed by atoms with Gasteiger partial charge in [-0.25, -0.2) is 4.39 Å². The SMILES string of the molecule is COc1ccc(C(O)c2cc(F)c3c(c2)CC(=O)N3)cc1. The van der Waals surface area contributed by atoms with Crippen LogP contribution < -0.4 is 10.1 Å². The second kappa shape index (κ2) is 5.18. The number of hydrogen-bond acceptors (Lipinski definition) is 3. The number of hydrogen-bond donors (Lipinski definition) is 2. The number of amides is 1. The molecule has 1 atom stereocenters. The lowest BCUT2D eigenvalue weighted by atomic mass is 9.98. The minimum absolute atomic E-state index is 0.134. The highest BCUT2D eigenvalue weighted by molar-refractivity contribution is 5.99. The molecule has 1 aliphatic heterocycles. The average molecular weight is 287 g/mol. The van der Waals surface area contributed by atoms with E-state index in [9.17, 15) is 14.3 Å². The number of fused-ring (bicyclic) bond motifs is 1. The van der Waals surface area contributed by atoms with Gasteiger partial charge in [-0.3, -0.25) is 4.79 Å². The number of nitrogens with one attached hydrogen (secondary N) is 1. The van der Waals surface area contributed by atoms with Gasteiger partial charge in [0.05, 0.1) is 19.2 Å². The van der Waals surface area contributed by atoms with Crippen LogP contribution in [0.1, 0.15) is 22.8 Å². The molecule has 108 valence electrons. The highest BCUT2D eigenvalue weighted by atomic mass is 19.1. The van der Waals surface area contributed by atoms with Gasteiger partial charge in [0.25, 0.3) is 0 Å². The average Bonchev–Trinajstić information content (AvgIpc) is 2.87. The standard InChI is InChI=1S/C16H14FNO3/c1-21-12-4-2-9(3-5-12)16(20)11-6-10-8-14(19)18-15(10)13(17)7-11/h2-7,16,20H,8H2,1H3,(H,18,19). The summed E-state index contributed by atoms with van der Waals surface area (Å²) in [5, 5.41) is 12.8. The molecule has 0 saturated carbocycles. The molecule has 0 aromatic heterocycles. The van der Waals surface area contributed by atoms with Crippen molar-refractivity contribution in [2.45, 2.75) is 12.5 Å². The quantitative estimate of drug-likeness (QED) is 0.911. The molecule has 1 aliphatic rings. The van der Waals surface area contributed by atoms with Crippen LogP contribution in [-0.2, 0) is 11.2 Å². The van der Waals surface area contributed by atoms with Crippen LogP contribution in [0.3, 0.4) is 0 Å². The van der Waals surface area contributed by atoms with E-state index >= 15 is 0 Å². The van der Waals surface area contributed by atoms with E-state index in [1.807, 2.05) is 0 Å². The first-order valence-corrected chi connectivity index (χ1v) is 6.52. The van der Waals surface area contributed by atoms with Crippen LogP contribution in [-0.4, -0.2) is 18.1 Å². The largest absolute Gasteiger partial charge is 0.497 e. The van der Waals surface area contributed by atoms with Crippen LogP contribution >= 0.6 is 0 Å². The zero-order valence-electron chi connectivity index (χ0n) is 11.4. The fourth-order valence-corrected chi connectivity index (χ4v) is 2.46. The number of ether oxygens (including phenoxy) is 1. The van der Waals surface area contributed by atoms with E-state index in [1.165, 1.54) is 6.07 Å². The van der Waals surface area contributed by atoms with Crippen molar-refractivity contribution in [1.29, 1.82) is 0 Å². The first-order chi connectivity index (χ1) is 10.1. The Morgan fingerprint density at radius 1 is 1.24 bits per heavy atom. The Morgan fingerprint density at radius 2 is 1.95 bits per heavy atom. The summed E-state index contributed by atoms with van der Waals surface area (Å²) in [6.07, 6.45) is -0.818. The summed E-state index contributed by atoms with van der Waals surface area (Å²) in [7, 11) is 1.56. The van der Waals surface area contributed by atoms with Crippen molar-refractivity contribution >= 4 is 11.6 Å². The minimum Gasteiger partial charge on any atom is -0.497 e. The third kappa shape index (κ3) is 2.48. The third-order valence-corrected chi connectivity index (χ3v) is 3.56. The molecular weight excluding hydrogens is 273 g/mol. The van der Waals surface area contributed by atoms with Crippen molar-refractivity contribution in [3.05, 3.63) is 58.9 Å². The number of anilines is 1. The van der Waals surface area contributed by atoms with Crippen LogP contribution in [0.25, 0.3) is 0 Å². The zero-order chi connectivity index (χ0) is 15.0. The lowest BCUT2D eigenvalue weighted by Crippen LogP contribution is -2.04. The molecule has 21 heavy (non-hydrogen) atoms. The van der Waals surface area contributed by atoms with E-state index in [0.717, 1.165) is 0 Å². The van der Waals surface area contributed by atoms with Gasteiger partial charge in [0.15, 0.2) is 0 Å². The number of aliphatic hydroxyl groups excluding tert-OH is 1. The minimum atomic E-state index is -0.952. The van der Waals surface area contributed by atoms with E-state index in [-0.39, 0.29) is 18.0 Å². The number of carbonyl (C=O) groups excluding carboxylic acids is 1. The fourth-order valence-electron chi connectivity index (χ4n) is 2.46. The lowest BCUT2D eigenvalue weighted by Gasteiger charge is -2.14. The molecule has 0 bridgehead atoms. The van der Waals surface area contributed by atoms with E-state index in [2.05, 4.69) is 5.32 Å². The summed E-state index contributed by atoms with van der Waals surface area (Å²) < 4.78 is 19.0. The van der Waals surface area contributed by atoms with E-state index in [0.29, 0.717) is 22.4 Å². The van der Waals surface area contributed by atoms with Crippen LogP contribution in [0, 0.1) is 5.82 Å². The second-order valence-corrected chi connectivity index (χ2v) is 4.94. The van der Waals surface area contributed by atoms with Gasteiger partial charge in [0.1, 0.15) is 17.7 Å². The molecule has 2 aromatic carbocycles. The van der Waals surface area contributed by atoms with Crippen molar-refractivity contribution in [3.8, 4) is 5.75 Å². The molecule has 2 N–H and O–H groups in total. The van der Waals surface area contributed by atoms with Gasteiger partial charge in [0.2, 0.25) is 5.91 Å². The van der Waals surface area contributed by atoms with E-state index in [1.54, 1.807) is 37.4 Å². The maximum Gasteiger partial charge on any atom is 0.228 e. The zero-order valence-corrected chi connectivity index (χ0v) is 11.4. The van der Waals surface area contributed by atoms with E-state index in [4.69, 9.17) is 4.74 Å². The van der Waals surface area contributed by atoms with Gasteiger partial charge in [0, 0.05) is 0 Å². The Kier molecular flexibility index (Phi) is 3.35. The van der Waals surface area contributed by atoms with Gasteiger partial charge in [-0.05, 0) is 34.9 Å². The monoisotopic (exact) mass is 287 g/mol. The number of carbonyl (C=O) groups is 1. The number of rotatable bonds is 3. The maximum absolute atomic E-state index is 14.0. The molecule has 1 heterocycles. The van der Waals surface area contributed by atoms with Crippen LogP contribution in [0.15, 0.2) is 36.4 Å². The third-order valence-electron chi connectivity index (χ3n) is 3.56. The molecule has 0 fully saturated rings. The smallest absolute Gasteiger partial charge is 0.228 e. The van der Waals surface area contributed by atoms with Gasteiger partial charge < -0.3 is 15.2 Å². The predicted molar refractivity (Wildman–Crippen MR) is 75.8 cm³/mol. The molecule has 0 radical (unpaired) electrons.